The van der Waals surface area contributed by atoms with Gasteiger partial charge in [0, 0.05) is 0 Å². The molecular formula is C77H50. The molecule has 0 aliphatic heterocycles. The van der Waals surface area contributed by atoms with Crippen LogP contribution >= 0.6 is 0 Å². The molecule has 0 bridgehead atoms. The third-order valence-electron chi connectivity index (χ3n) is 18.2. The van der Waals surface area contributed by atoms with E-state index in [1.165, 1.54) is 178 Å². The van der Waals surface area contributed by atoms with Crippen molar-refractivity contribution in [2.75, 3.05) is 0 Å². The highest BCUT2D eigenvalue weighted by Crippen LogP contribution is 2.53. The average Bonchev–Trinajstić information content (AvgIpc) is 4.33. The summed E-state index contributed by atoms with van der Waals surface area (Å²) in [6.07, 6.45) is 4.60. The summed E-state index contributed by atoms with van der Waals surface area (Å²) in [5.74, 6) is 0. The second-order valence-corrected chi connectivity index (χ2v) is 22.0. The van der Waals surface area contributed by atoms with Crippen LogP contribution in [0.1, 0.15) is 55.6 Å². The third kappa shape index (κ3) is 6.40. The van der Waals surface area contributed by atoms with Crippen LogP contribution < -0.4 is 0 Å². The molecular weight excluding hydrogens is 925 g/mol. The van der Waals surface area contributed by atoms with Crippen molar-refractivity contribution in [3.8, 4) is 122 Å². The van der Waals surface area contributed by atoms with Gasteiger partial charge < -0.3 is 0 Å². The molecule has 0 nitrogen and oxygen atoms in total. The Labute approximate surface area is 450 Å². The van der Waals surface area contributed by atoms with Crippen LogP contribution in [-0.2, 0) is 32.1 Å². The SMILES string of the molecule is c1ccc2c(c1)Cc1c-2cccc1-c1ccc(-c2ccc3c(c2-c2ccc(-c4cccc5c4Cc4ccccc4-5)c(-c4cccc5c4Cc4ccccc4-5)c2)Cc2ccccc2-3)cc1-c1cccc2c1Cc1ccccc1-2. The van der Waals surface area contributed by atoms with Gasteiger partial charge in [0.1, 0.15) is 0 Å². The number of rotatable bonds is 6. The second kappa shape index (κ2) is 16.6. The molecule has 5 aliphatic rings. The zero-order chi connectivity index (χ0) is 50.3. The van der Waals surface area contributed by atoms with Gasteiger partial charge in [-0.2, -0.15) is 0 Å². The van der Waals surface area contributed by atoms with E-state index in [4.69, 9.17) is 0 Å². The van der Waals surface area contributed by atoms with E-state index < -0.39 is 0 Å². The van der Waals surface area contributed by atoms with Crippen LogP contribution in [0.25, 0.3) is 122 Å². The summed E-state index contributed by atoms with van der Waals surface area (Å²) in [5.41, 5.74) is 43.2. The molecule has 0 saturated carbocycles. The van der Waals surface area contributed by atoms with Crippen LogP contribution in [0, 0.1) is 0 Å². The molecule has 0 unspecified atom stereocenters. The number of hydrogen-bond acceptors (Lipinski definition) is 0. The van der Waals surface area contributed by atoms with Crippen LogP contribution in [0.3, 0.4) is 0 Å². The van der Waals surface area contributed by atoms with Gasteiger partial charge in [0.2, 0.25) is 0 Å². The molecule has 77 heavy (non-hydrogen) atoms. The van der Waals surface area contributed by atoms with Gasteiger partial charge in [0.05, 0.1) is 0 Å². The van der Waals surface area contributed by atoms with Crippen LogP contribution in [0.4, 0.5) is 0 Å². The first-order valence-electron chi connectivity index (χ1n) is 27.5. The standard InChI is InChI=1S/C77H50/c1-6-20-53-46(15-1)39-70-59(53)25-11-29-63(70)68-35-33-51(43-74(68)65-31-13-27-61-55-22-8-3-17-48(55)41-72(61)65)58-37-38-67-57-24-10-5-19-50(57)44-76(67)77(58)52-34-36-69(64-30-12-26-60-54-21-7-2-16-47(54)40-71(60)64)75(45-52)66-32-14-28-62-56-23-9-4-18-49(56)42-73(62)66/h1-38,43,45H,39-42,44H2. The summed E-state index contributed by atoms with van der Waals surface area (Å²) in [6.45, 7) is 0. The first-order valence-corrected chi connectivity index (χ1v) is 27.5. The first-order chi connectivity index (χ1) is 38.2. The summed E-state index contributed by atoms with van der Waals surface area (Å²) in [5, 5.41) is 0. The summed E-state index contributed by atoms with van der Waals surface area (Å²) >= 11 is 0. The maximum Gasteiger partial charge on any atom is -0.000706 e. The molecule has 0 heterocycles. The number of hydrogen-bond donors (Lipinski definition) is 0. The molecule has 5 aliphatic carbocycles. The average molecular weight is 975 g/mol. The van der Waals surface area contributed by atoms with E-state index in [1.54, 1.807) is 0 Å². The van der Waals surface area contributed by atoms with E-state index in [1.807, 2.05) is 0 Å². The fraction of sp³-hybridized carbons (Fsp3) is 0.0649. The Morgan fingerprint density at radius 3 is 0.779 bits per heavy atom. The summed E-state index contributed by atoms with van der Waals surface area (Å²) in [6, 6.07) is 93.0. The quantitative estimate of drug-likeness (QED) is 0.156. The Kier molecular flexibility index (Phi) is 9.24. The van der Waals surface area contributed by atoms with Crippen LogP contribution in [0.5, 0.6) is 0 Å². The molecule has 0 atom stereocenters. The largest absolute Gasteiger partial charge is 0.0619 e. The summed E-state index contributed by atoms with van der Waals surface area (Å²) in [7, 11) is 0. The van der Waals surface area contributed by atoms with Gasteiger partial charge in [-0.25, -0.2) is 0 Å². The molecule has 0 fully saturated rings. The minimum atomic E-state index is 0.887. The molecule has 0 spiro atoms. The fourth-order valence-corrected chi connectivity index (χ4v) is 14.7. The Hall–Kier alpha value is -9.36. The van der Waals surface area contributed by atoms with Crippen molar-refractivity contribution >= 4 is 0 Å². The molecule has 358 valence electrons. The molecule has 0 saturated heterocycles. The van der Waals surface area contributed by atoms with Crippen LogP contribution in [-0.4, -0.2) is 0 Å². The lowest BCUT2D eigenvalue weighted by molar-refractivity contribution is 1.25. The molecule has 0 N–H and O–H groups in total. The van der Waals surface area contributed by atoms with Gasteiger partial charge in [-0.1, -0.05) is 231 Å². The van der Waals surface area contributed by atoms with Gasteiger partial charge in [0.25, 0.3) is 0 Å². The highest BCUT2D eigenvalue weighted by Gasteiger charge is 2.31. The maximum atomic E-state index is 2.58. The predicted molar refractivity (Wildman–Crippen MR) is 320 cm³/mol. The minimum absolute atomic E-state index is 0.887. The van der Waals surface area contributed by atoms with Crippen LogP contribution in [0.15, 0.2) is 243 Å². The van der Waals surface area contributed by atoms with E-state index >= 15 is 0 Å². The van der Waals surface area contributed by atoms with Crippen molar-refractivity contribution in [3.63, 3.8) is 0 Å². The van der Waals surface area contributed by atoms with Crippen molar-refractivity contribution in [1.29, 1.82) is 0 Å². The maximum absolute atomic E-state index is 2.58. The van der Waals surface area contributed by atoms with Crippen molar-refractivity contribution in [2.24, 2.45) is 0 Å². The third-order valence-corrected chi connectivity index (χ3v) is 18.2. The number of fused-ring (bicyclic) bond motifs is 15. The van der Waals surface area contributed by atoms with Gasteiger partial charge in [-0.05, 0) is 222 Å². The van der Waals surface area contributed by atoms with Gasteiger partial charge >= 0.3 is 0 Å². The lowest BCUT2D eigenvalue weighted by Crippen LogP contribution is -1.98. The van der Waals surface area contributed by atoms with Gasteiger partial charge in [0.15, 0.2) is 0 Å². The Morgan fingerprint density at radius 1 is 0.156 bits per heavy atom. The van der Waals surface area contributed by atoms with Gasteiger partial charge in [-0.3, -0.25) is 0 Å². The zero-order valence-electron chi connectivity index (χ0n) is 42.6. The van der Waals surface area contributed by atoms with Crippen LogP contribution in [0.2, 0.25) is 0 Å². The molecule has 12 aromatic carbocycles. The second-order valence-electron chi connectivity index (χ2n) is 22.0. The van der Waals surface area contributed by atoms with E-state index in [0.29, 0.717) is 0 Å². The normalized spacial score (nSPS) is 13.2. The van der Waals surface area contributed by atoms with Gasteiger partial charge in [-0.15, -0.1) is 0 Å². The summed E-state index contributed by atoms with van der Waals surface area (Å²) < 4.78 is 0. The molecule has 0 amide bonds. The van der Waals surface area contributed by atoms with Crippen molar-refractivity contribution in [2.45, 2.75) is 32.1 Å². The van der Waals surface area contributed by atoms with Crippen molar-refractivity contribution < 1.29 is 0 Å². The first kappa shape index (κ1) is 42.9. The van der Waals surface area contributed by atoms with E-state index in [2.05, 4.69) is 243 Å². The summed E-state index contributed by atoms with van der Waals surface area (Å²) in [4.78, 5) is 0. The molecule has 0 aromatic heterocycles. The Balaban J connectivity index is 0.909. The van der Waals surface area contributed by atoms with E-state index in [-0.39, 0.29) is 0 Å². The Morgan fingerprint density at radius 2 is 0.403 bits per heavy atom. The molecule has 12 aromatic rings. The molecule has 17 rings (SSSR count). The fourth-order valence-electron chi connectivity index (χ4n) is 14.7. The smallest absolute Gasteiger partial charge is 0.000706 e. The predicted octanol–water partition coefficient (Wildman–Crippen LogP) is 19.5. The lowest BCUT2D eigenvalue weighted by Gasteiger charge is -2.22. The topological polar surface area (TPSA) is 0 Å². The van der Waals surface area contributed by atoms with Crippen molar-refractivity contribution in [3.05, 3.63) is 298 Å². The minimum Gasteiger partial charge on any atom is -0.0619 e. The molecule has 0 heteroatoms. The van der Waals surface area contributed by atoms with E-state index in [0.717, 1.165) is 32.1 Å². The highest BCUT2D eigenvalue weighted by molar-refractivity contribution is 6.02. The molecule has 0 radical (unpaired) electrons. The van der Waals surface area contributed by atoms with E-state index in [9.17, 15) is 0 Å². The van der Waals surface area contributed by atoms with Crippen molar-refractivity contribution in [1.82, 2.24) is 0 Å². The Bertz CT molecular complexity index is 4540. The lowest BCUT2D eigenvalue weighted by atomic mass is 9.81. The monoisotopic (exact) mass is 974 g/mol. The number of benzene rings is 12. The highest BCUT2D eigenvalue weighted by atomic mass is 14.3. The zero-order valence-corrected chi connectivity index (χ0v) is 42.6.